The number of aromatic amines is 1. The molecular weight excluding hydrogens is 313 g/mol. The van der Waals surface area contributed by atoms with Gasteiger partial charge in [0.25, 0.3) is 0 Å². The minimum atomic E-state index is 0.0801. The van der Waals surface area contributed by atoms with E-state index in [1.54, 1.807) is 18.5 Å². The number of rotatable bonds is 2. The summed E-state index contributed by atoms with van der Waals surface area (Å²) in [7, 11) is 0. The highest BCUT2D eigenvalue weighted by Crippen LogP contribution is 2.30. The van der Waals surface area contributed by atoms with Gasteiger partial charge in [-0.3, -0.25) is 4.98 Å². The number of aromatic nitrogens is 3. The number of pyridine rings is 1. The molecule has 0 spiro atoms. The molecule has 102 valence electrons. The third-order valence-electron chi connectivity index (χ3n) is 3.33. The van der Waals surface area contributed by atoms with Gasteiger partial charge < -0.3 is 9.55 Å². The van der Waals surface area contributed by atoms with Crippen LogP contribution in [0.2, 0.25) is 10.0 Å². The highest BCUT2D eigenvalue weighted by Gasteiger charge is 2.14. The van der Waals surface area contributed by atoms with Crippen LogP contribution in [0.3, 0.4) is 0 Å². The Kier molecular flexibility index (Phi) is 3.54. The average molecular weight is 324 g/mol. The number of imidazole rings is 1. The Morgan fingerprint density at radius 1 is 1.20 bits per heavy atom. The van der Waals surface area contributed by atoms with Gasteiger partial charge in [0.15, 0.2) is 4.77 Å². The smallest absolute Gasteiger partial charge is 0.178 e. The summed E-state index contributed by atoms with van der Waals surface area (Å²) in [6.45, 7) is 2.08. The van der Waals surface area contributed by atoms with Gasteiger partial charge in [0.2, 0.25) is 0 Å². The third-order valence-corrected chi connectivity index (χ3v) is 4.36. The topological polar surface area (TPSA) is 33.6 Å². The molecule has 3 rings (SSSR count). The number of nitrogens with one attached hydrogen (secondary N) is 1. The summed E-state index contributed by atoms with van der Waals surface area (Å²) in [6.07, 6.45) is 3.54. The first kappa shape index (κ1) is 13.6. The zero-order chi connectivity index (χ0) is 14.3. The zero-order valence-electron chi connectivity index (χ0n) is 10.6. The van der Waals surface area contributed by atoms with E-state index in [9.17, 15) is 0 Å². The predicted molar refractivity (Wildman–Crippen MR) is 85.2 cm³/mol. The molecule has 1 atom stereocenters. The summed E-state index contributed by atoms with van der Waals surface area (Å²) in [5.74, 6) is 0. The molecule has 0 radical (unpaired) electrons. The lowest BCUT2D eigenvalue weighted by atomic mass is 10.1. The highest BCUT2D eigenvalue weighted by atomic mass is 35.5. The minimum absolute atomic E-state index is 0.0801. The number of H-pyrrole nitrogens is 1. The van der Waals surface area contributed by atoms with Gasteiger partial charge in [0, 0.05) is 12.4 Å². The fourth-order valence-corrected chi connectivity index (χ4v) is 2.98. The van der Waals surface area contributed by atoms with Gasteiger partial charge in [-0.15, -0.1) is 0 Å². The SMILES string of the molecule is CC(c1ccncc1)n1c(=S)[nH]c2cc(Cl)c(Cl)cc21. The molecule has 1 unspecified atom stereocenters. The van der Waals surface area contributed by atoms with Gasteiger partial charge in [-0.05, 0) is 49.0 Å². The Bertz CT molecular complexity index is 824. The first-order valence-electron chi connectivity index (χ1n) is 6.07. The van der Waals surface area contributed by atoms with Gasteiger partial charge in [-0.25, -0.2) is 0 Å². The van der Waals surface area contributed by atoms with Crippen molar-refractivity contribution in [2.24, 2.45) is 0 Å². The molecule has 1 N–H and O–H groups in total. The van der Waals surface area contributed by atoms with Crippen LogP contribution in [0, 0.1) is 4.77 Å². The van der Waals surface area contributed by atoms with Crippen LogP contribution in [0.1, 0.15) is 18.5 Å². The van der Waals surface area contributed by atoms with E-state index in [-0.39, 0.29) is 6.04 Å². The number of hydrogen-bond donors (Lipinski definition) is 1. The van der Waals surface area contributed by atoms with Crippen LogP contribution >= 0.6 is 35.4 Å². The number of hydrogen-bond acceptors (Lipinski definition) is 2. The molecular formula is C14H11Cl2N3S. The van der Waals surface area contributed by atoms with Crippen LogP contribution in [0.4, 0.5) is 0 Å². The maximum absolute atomic E-state index is 6.12. The molecule has 0 amide bonds. The van der Waals surface area contributed by atoms with Crippen molar-refractivity contribution < 1.29 is 0 Å². The zero-order valence-corrected chi connectivity index (χ0v) is 12.9. The van der Waals surface area contributed by atoms with Gasteiger partial charge in [0.05, 0.1) is 27.1 Å². The quantitative estimate of drug-likeness (QED) is 0.672. The largest absolute Gasteiger partial charge is 0.331 e. The summed E-state index contributed by atoms with van der Waals surface area (Å²) in [5, 5.41) is 1.03. The molecule has 0 aliphatic carbocycles. The van der Waals surface area contributed by atoms with Gasteiger partial charge >= 0.3 is 0 Å². The van der Waals surface area contributed by atoms with Crippen LogP contribution in [0.25, 0.3) is 11.0 Å². The molecule has 0 bridgehead atoms. The highest BCUT2D eigenvalue weighted by molar-refractivity contribution is 7.71. The second-order valence-corrected chi connectivity index (χ2v) is 5.74. The number of nitrogens with zero attached hydrogens (tertiary/aromatic N) is 2. The Morgan fingerprint density at radius 2 is 1.85 bits per heavy atom. The fourth-order valence-electron chi connectivity index (χ4n) is 2.30. The van der Waals surface area contributed by atoms with Crippen molar-refractivity contribution >= 4 is 46.5 Å². The first-order chi connectivity index (χ1) is 9.58. The number of benzene rings is 1. The van der Waals surface area contributed by atoms with Gasteiger partial charge in [-0.1, -0.05) is 23.2 Å². The summed E-state index contributed by atoms with van der Waals surface area (Å²) in [4.78, 5) is 7.20. The summed E-state index contributed by atoms with van der Waals surface area (Å²) in [5.41, 5.74) is 2.95. The summed E-state index contributed by atoms with van der Waals surface area (Å²) in [6, 6.07) is 7.66. The number of halogens is 2. The fraction of sp³-hybridized carbons (Fsp3) is 0.143. The molecule has 0 aliphatic rings. The molecule has 3 nitrogen and oxygen atoms in total. The third kappa shape index (κ3) is 2.24. The first-order valence-corrected chi connectivity index (χ1v) is 7.23. The van der Waals surface area contributed by atoms with E-state index >= 15 is 0 Å². The second kappa shape index (κ2) is 5.20. The van der Waals surface area contributed by atoms with E-state index in [4.69, 9.17) is 35.4 Å². The minimum Gasteiger partial charge on any atom is -0.331 e. The maximum Gasteiger partial charge on any atom is 0.178 e. The molecule has 0 saturated carbocycles. The Balaban J connectivity index is 2.24. The predicted octanol–water partition coefficient (Wildman–Crippen LogP) is 5.01. The van der Waals surface area contributed by atoms with E-state index in [2.05, 4.69) is 16.9 Å². The lowest BCUT2D eigenvalue weighted by Gasteiger charge is -2.15. The lowest BCUT2D eigenvalue weighted by molar-refractivity contribution is 0.648. The second-order valence-electron chi connectivity index (χ2n) is 4.54. The van der Waals surface area contributed by atoms with E-state index < -0.39 is 0 Å². The molecule has 0 fully saturated rings. The van der Waals surface area contributed by atoms with Crippen LogP contribution < -0.4 is 0 Å². The van der Waals surface area contributed by atoms with E-state index in [1.165, 1.54) is 0 Å². The van der Waals surface area contributed by atoms with Crippen LogP contribution in [0.15, 0.2) is 36.7 Å². The van der Waals surface area contributed by atoms with Gasteiger partial charge in [-0.2, -0.15) is 0 Å². The molecule has 0 aliphatic heterocycles. The van der Waals surface area contributed by atoms with E-state index in [0.717, 1.165) is 16.6 Å². The van der Waals surface area contributed by atoms with Crippen molar-refractivity contribution in [2.75, 3.05) is 0 Å². The van der Waals surface area contributed by atoms with E-state index in [1.807, 2.05) is 22.8 Å². The normalized spacial score (nSPS) is 12.8. The lowest BCUT2D eigenvalue weighted by Crippen LogP contribution is -2.06. The van der Waals surface area contributed by atoms with Crippen molar-refractivity contribution in [3.05, 3.63) is 57.0 Å². The van der Waals surface area contributed by atoms with Crippen molar-refractivity contribution in [3.8, 4) is 0 Å². The molecule has 3 aromatic rings. The van der Waals surface area contributed by atoms with Crippen molar-refractivity contribution in [2.45, 2.75) is 13.0 Å². The molecule has 6 heteroatoms. The van der Waals surface area contributed by atoms with Crippen LogP contribution in [-0.2, 0) is 0 Å². The summed E-state index contributed by atoms with van der Waals surface area (Å²) >= 11 is 17.6. The van der Waals surface area contributed by atoms with Crippen molar-refractivity contribution in [3.63, 3.8) is 0 Å². The molecule has 1 aromatic carbocycles. The standard InChI is InChI=1S/C14H11Cl2N3S/c1-8(9-2-4-17-5-3-9)19-13-7-11(16)10(15)6-12(13)18-14(19)20/h2-8H,1H3,(H,18,20). The van der Waals surface area contributed by atoms with Crippen LogP contribution in [-0.4, -0.2) is 14.5 Å². The number of fused-ring (bicyclic) bond motifs is 1. The molecule has 2 heterocycles. The average Bonchev–Trinajstić information content (AvgIpc) is 2.75. The summed E-state index contributed by atoms with van der Waals surface area (Å²) < 4.78 is 2.67. The Hall–Kier alpha value is -1.36. The monoisotopic (exact) mass is 323 g/mol. The van der Waals surface area contributed by atoms with Crippen molar-refractivity contribution in [1.29, 1.82) is 0 Å². The van der Waals surface area contributed by atoms with Gasteiger partial charge in [0.1, 0.15) is 0 Å². The Morgan fingerprint density at radius 3 is 2.55 bits per heavy atom. The molecule has 2 aromatic heterocycles. The Labute approximate surface area is 131 Å². The van der Waals surface area contributed by atoms with Crippen LogP contribution in [0.5, 0.6) is 0 Å². The molecule has 20 heavy (non-hydrogen) atoms. The molecule has 0 saturated heterocycles. The van der Waals surface area contributed by atoms with E-state index in [0.29, 0.717) is 14.8 Å². The van der Waals surface area contributed by atoms with Crippen molar-refractivity contribution in [1.82, 2.24) is 14.5 Å². The maximum atomic E-state index is 6.12.